The fraction of sp³-hybridized carbons (Fsp3) is 0.917. The lowest BCUT2D eigenvalue weighted by atomic mass is 9.82. The lowest BCUT2D eigenvalue weighted by Crippen LogP contribution is -2.51. The van der Waals surface area contributed by atoms with Gasteiger partial charge in [0.2, 0.25) is 0 Å². The molecule has 1 fully saturated rings. The molecule has 0 aromatic heterocycles. The molecule has 0 amide bonds. The summed E-state index contributed by atoms with van der Waals surface area (Å²) < 4.78 is 0. The van der Waals surface area contributed by atoms with E-state index in [0.29, 0.717) is 18.1 Å². The molecule has 0 heterocycles. The molecular formula is C12H23NO2S. The zero-order valence-corrected chi connectivity index (χ0v) is 11.1. The third-order valence-corrected chi connectivity index (χ3v) is 4.56. The Morgan fingerprint density at radius 1 is 1.62 bits per heavy atom. The van der Waals surface area contributed by atoms with Crippen molar-refractivity contribution in [1.82, 2.24) is 0 Å². The summed E-state index contributed by atoms with van der Waals surface area (Å²) in [5, 5.41) is 9.53. The van der Waals surface area contributed by atoms with Gasteiger partial charge in [0.05, 0.1) is 0 Å². The van der Waals surface area contributed by atoms with E-state index >= 15 is 0 Å². The van der Waals surface area contributed by atoms with Crippen LogP contribution in [-0.2, 0) is 4.79 Å². The molecule has 0 spiro atoms. The maximum Gasteiger partial charge on any atom is 0.323 e. The van der Waals surface area contributed by atoms with E-state index in [-0.39, 0.29) is 0 Å². The van der Waals surface area contributed by atoms with E-state index in [1.54, 1.807) is 0 Å². The highest BCUT2D eigenvalue weighted by Crippen LogP contribution is 2.34. The average molecular weight is 245 g/mol. The monoisotopic (exact) mass is 245 g/mol. The average Bonchev–Trinajstić information content (AvgIpc) is 2.17. The molecule has 0 bridgehead atoms. The second-order valence-corrected chi connectivity index (χ2v) is 6.64. The van der Waals surface area contributed by atoms with Crippen molar-refractivity contribution in [3.8, 4) is 0 Å². The fourth-order valence-electron chi connectivity index (χ4n) is 2.06. The van der Waals surface area contributed by atoms with Gasteiger partial charge in [-0.15, -0.1) is 0 Å². The first-order chi connectivity index (χ1) is 7.44. The van der Waals surface area contributed by atoms with E-state index < -0.39 is 11.5 Å². The van der Waals surface area contributed by atoms with Crippen molar-refractivity contribution in [1.29, 1.82) is 0 Å². The summed E-state index contributed by atoms with van der Waals surface area (Å²) in [7, 11) is 0. The van der Waals surface area contributed by atoms with Gasteiger partial charge in [0.15, 0.2) is 0 Å². The maximum atomic E-state index is 11.1. The number of hydrogen-bond donors (Lipinski definition) is 2. The highest BCUT2D eigenvalue weighted by atomic mass is 32.2. The standard InChI is InChI=1S/C12H23NO2S/c1-9(2)5-7-16-10-4-3-6-12(13,8-10)11(14)15/h9-10H,3-8,13H2,1-2H3,(H,14,15). The predicted octanol–water partition coefficient (Wildman–Crippen LogP) is 2.49. The Bertz CT molecular complexity index is 245. The minimum absolute atomic E-state index is 0.439. The highest BCUT2D eigenvalue weighted by Gasteiger charge is 2.39. The number of nitrogens with two attached hydrogens (primary N) is 1. The van der Waals surface area contributed by atoms with Gasteiger partial charge in [-0.25, -0.2) is 0 Å². The Hall–Kier alpha value is -0.220. The van der Waals surface area contributed by atoms with Crippen LogP contribution in [0.25, 0.3) is 0 Å². The Morgan fingerprint density at radius 2 is 2.31 bits per heavy atom. The van der Waals surface area contributed by atoms with Crippen LogP contribution in [0.3, 0.4) is 0 Å². The third kappa shape index (κ3) is 3.98. The Labute approximate surface area is 102 Å². The molecule has 0 aliphatic heterocycles. The second-order valence-electron chi connectivity index (χ2n) is 5.23. The molecule has 0 aromatic rings. The van der Waals surface area contributed by atoms with Gasteiger partial charge in [-0.2, -0.15) is 11.8 Å². The van der Waals surface area contributed by atoms with Crippen molar-refractivity contribution >= 4 is 17.7 Å². The van der Waals surface area contributed by atoms with E-state index in [2.05, 4.69) is 13.8 Å². The second kappa shape index (κ2) is 5.92. The van der Waals surface area contributed by atoms with Gasteiger partial charge in [0, 0.05) is 5.25 Å². The molecule has 0 aromatic carbocycles. The number of carboxylic acid groups (broad SMARTS) is 1. The first-order valence-corrected chi connectivity index (χ1v) is 7.13. The van der Waals surface area contributed by atoms with Crippen LogP contribution in [0.2, 0.25) is 0 Å². The van der Waals surface area contributed by atoms with Gasteiger partial charge in [0.1, 0.15) is 5.54 Å². The summed E-state index contributed by atoms with van der Waals surface area (Å²) in [6.07, 6.45) is 4.53. The topological polar surface area (TPSA) is 63.3 Å². The van der Waals surface area contributed by atoms with Crippen molar-refractivity contribution in [2.45, 2.75) is 56.7 Å². The maximum absolute atomic E-state index is 11.1. The van der Waals surface area contributed by atoms with Gasteiger partial charge < -0.3 is 10.8 Å². The lowest BCUT2D eigenvalue weighted by molar-refractivity contribution is -0.144. The van der Waals surface area contributed by atoms with Crippen LogP contribution in [0.5, 0.6) is 0 Å². The van der Waals surface area contributed by atoms with Gasteiger partial charge in [-0.05, 0) is 43.8 Å². The Morgan fingerprint density at radius 3 is 2.88 bits per heavy atom. The van der Waals surface area contributed by atoms with Crippen LogP contribution in [0.4, 0.5) is 0 Å². The Balaban J connectivity index is 2.36. The highest BCUT2D eigenvalue weighted by molar-refractivity contribution is 7.99. The molecule has 1 aliphatic rings. The zero-order valence-electron chi connectivity index (χ0n) is 10.2. The minimum Gasteiger partial charge on any atom is -0.480 e. The number of rotatable bonds is 5. The van der Waals surface area contributed by atoms with Crippen LogP contribution < -0.4 is 5.73 Å². The summed E-state index contributed by atoms with van der Waals surface area (Å²) in [5.41, 5.74) is 4.95. The molecule has 4 heteroatoms. The van der Waals surface area contributed by atoms with Gasteiger partial charge in [0.25, 0.3) is 0 Å². The first-order valence-electron chi connectivity index (χ1n) is 6.08. The third-order valence-electron chi connectivity index (χ3n) is 3.22. The van der Waals surface area contributed by atoms with Crippen molar-refractivity contribution in [2.24, 2.45) is 11.7 Å². The van der Waals surface area contributed by atoms with E-state index in [4.69, 9.17) is 10.8 Å². The van der Waals surface area contributed by atoms with Crippen LogP contribution in [0, 0.1) is 5.92 Å². The summed E-state index contributed by atoms with van der Waals surface area (Å²) in [5.74, 6) is 1.01. The van der Waals surface area contributed by atoms with Crippen LogP contribution in [0.1, 0.15) is 46.0 Å². The number of carboxylic acids is 1. The molecule has 0 saturated heterocycles. The summed E-state index contributed by atoms with van der Waals surface area (Å²) in [6, 6.07) is 0. The molecule has 1 aliphatic carbocycles. The van der Waals surface area contributed by atoms with Crippen LogP contribution in [-0.4, -0.2) is 27.6 Å². The largest absolute Gasteiger partial charge is 0.480 e. The number of hydrogen-bond acceptors (Lipinski definition) is 3. The quantitative estimate of drug-likeness (QED) is 0.781. The van der Waals surface area contributed by atoms with Crippen molar-refractivity contribution in [3.63, 3.8) is 0 Å². The number of carbonyl (C=O) groups is 1. The molecule has 1 rings (SSSR count). The van der Waals surface area contributed by atoms with E-state index in [0.717, 1.165) is 24.5 Å². The van der Waals surface area contributed by atoms with E-state index in [1.807, 2.05) is 11.8 Å². The molecule has 1 saturated carbocycles. The smallest absolute Gasteiger partial charge is 0.323 e. The molecule has 94 valence electrons. The molecule has 2 unspecified atom stereocenters. The molecule has 0 radical (unpaired) electrons. The molecular weight excluding hydrogens is 222 g/mol. The van der Waals surface area contributed by atoms with Crippen LogP contribution >= 0.6 is 11.8 Å². The van der Waals surface area contributed by atoms with Gasteiger partial charge in [-0.1, -0.05) is 13.8 Å². The zero-order chi connectivity index (χ0) is 12.2. The molecule has 16 heavy (non-hydrogen) atoms. The van der Waals surface area contributed by atoms with Gasteiger partial charge in [-0.3, -0.25) is 4.79 Å². The van der Waals surface area contributed by atoms with Crippen molar-refractivity contribution in [3.05, 3.63) is 0 Å². The van der Waals surface area contributed by atoms with Crippen LogP contribution in [0.15, 0.2) is 0 Å². The minimum atomic E-state index is -0.965. The summed E-state index contributed by atoms with van der Waals surface area (Å²) in [6.45, 7) is 4.43. The van der Waals surface area contributed by atoms with Crippen molar-refractivity contribution < 1.29 is 9.90 Å². The lowest BCUT2D eigenvalue weighted by Gasteiger charge is -2.34. The summed E-state index contributed by atoms with van der Waals surface area (Å²) in [4.78, 5) is 11.1. The summed E-state index contributed by atoms with van der Waals surface area (Å²) >= 11 is 1.90. The van der Waals surface area contributed by atoms with E-state index in [1.165, 1.54) is 6.42 Å². The van der Waals surface area contributed by atoms with Crippen molar-refractivity contribution in [2.75, 3.05) is 5.75 Å². The normalized spacial score (nSPS) is 30.6. The first kappa shape index (κ1) is 13.8. The van der Waals surface area contributed by atoms with Gasteiger partial charge >= 0.3 is 5.97 Å². The number of aliphatic carboxylic acids is 1. The fourth-order valence-corrected chi connectivity index (χ4v) is 3.75. The molecule has 2 atom stereocenters. The molecule has 3 nitrogen and oxygen atoms in total. The van der Waals surface area contributed by atoms with E-state index in [9.17, 15) is 4.79 Å². The predicted molar refractivity (Wildman–Crippen MR) is 68.7 cm³/mol. The molecule has 3 N–H and O–H groups in total. The Kier molecular flexibility index (Phi) is 5.12. The SMILES string of the molecule is CC(C)CCSC1CCCC(N)(C(=O)O)C1. The number of thioether (sulfide) groups is 1.